The van der Waals surface area contributed by atoms with Gasteiger partial charge >= 0.3 is 23.9 Å². The summed E-state index contributed by atoms with van der Waals surface area (Å²) in [5.41, 5.74) is 0. The van der Waals surface area contributed by atoms with Crippen molar-refractivity contribution in [3.63, 3.8) is 0 Å². The molecule has 0 aromatic carbocycles. The third-order valence-corrected chi connectivity index (χ3v) is 8.86. The summed E-state index contributed by atoms with van der Waals surface area (Å²) in [7, 11) is 0. The molecule has 0 aliphatic carbocycles. The van der Waals surface area contributed by atoms with E-state index in [2.05, 4.69) is 0 Å². The van der Waals surface area contributed by atoms with Crippen molar-refractivity contribution in [2.24, 2.45) is 11.8 Å². The molecule has 2 amide bonds. The molecular weight excluding hydrogens is 604 g/mol. The molecule has 4 saturated heterocycles. The SMILES string of the molecule is O=C(/C=C/[C@H]1CCCN1C(=O)CCCCC(=O)N1CCC[C@@H]1C(=O)OCOC(=O)C1CCOCC1)OCOC(=O)C1CCOCC1. The number of unbranched alkanes of at least 4 members (excludes halogenated alkanes) is 1. The number of amides is 2. The number of hydrogen-bond donors (Lipinski definition) is 0. The molecule has 0 aromatic heterocycles. The van der Waals surface area contributed by atoms with Crippen LogP contribution in [0.3, 0.4) is 0 Å². The van der Waals surface area contributed by atoms with Crippen LogP contribution in [0.5, 0.6) is 0 Å². The van der Waals surface area contributed by atoms with Crippen LogP contribution < -0.4 is 0 Å². The van der Waals surface area contributed by atoms with Gasteiger partial charge in [0, 0.05) is 58.4 Å². The summed E-state index contributed by atoms with van der Waals surface area (Å²) >= 11 is 0. The van der Waals surface area contributed by atoms with Gasteiger partial charge in [-0.05, 0) is 64.2 Å². The van der Waals surface area contributed by atoms with E-state index >= 15 is 0 Å². The molecule has 0 N–H and O–H groups in total. The lowest BCUT2D eigenvalue weighted by molar-refractivity contribution is -0.176. The first-order chi connectivity index (χ1) is 22.3. The van der Waals surface area contributed by atoms with E-state index in [1.807, 2.05) is 0 Å². The first-order valence-corrected chi connectivity index (χ1v) is 16.4. The Balaban J connectivity index is 1.09. The highest BCUT2D eigenvalue weighted by Gasteiger charge is 2.35. The van der Waals surface area contributed by atoms with Crippen LogP contribution in [-0.4, -0.2) is 111 Å². The van der Waals surface area contributed by atoms with E-state index in [4.69, 9.17) is 28.4 Å². The Morgan fingerprint density at radius 1 is 0.609 bits per heavy atom. The second-order valence-corrected chi connectivity index (χ2v) is 12.0. The number of esters is 4. The summed E-state index contributed by atoms with van der Waals surface area (Å²) in [6.45, 7) is 2.10. The minimum atomic E-state index is -0.709. The van der Waals surface area contributed by atoms with Crippen LogP contribution >= 0.6 is 0 Å². The lowest BCUT2D eigenvalue weighted by Crippen LogP contribution is -2.41. The Morgan fingerprint density at radius 2 is 1.11 bits per heavy atom. The molecule has 2 atom stereocenters. The van der Waals surface area contributed by atoms with Crippen molar-refractivity contribution in [1.82, 2.24) is 9.80 Å². The van der Waals surface area contributed by atoms with Gasteiger partial charge in [0.05, 0.1) is 17.9 Å². The molecule has 4 heterocycles. The third-order valence-electron chi connectivity index (χ3n) is 8.86. The second-order valence-electron chi connectivity index (χ2n) is 12.0. The van der Waals surface area contributed by atoms with Crippen molar-refractivity contribution in [3.05, 3.63) is 12.2 Å². The van der Waals surface area contributed by atoms with E-state index in [1.165, 1.54) is 11.0 Å². The largest absolute Gasteiger partial charge is 0.428 e. The molecular formula is C32H46N2O12. The molecule has 0 radical (unpaired) electrons. The molecule has 0 unspecified atom stereocenters. The van der Waals surface area contributed by atoms with Gasteiger partial charge in [0.2, 0.25) is 25.4 Å². The Bertz CT molecular complexity index is 1100. The van der Waals surface area contributed by atoms with Crippen LogP contribution in [0, 0.1) is 11.8 Å². The van der Waals surface area contributed by atoms with E-state index in [9.17, 15) is 28.8 Å². The number of likely N-dealkylation sites (tertiary alicyclic amines) is 2. The maximum absolute atomic E-state index is 12.9. The lowest BCUT2D eigenvalue weighted by Gasteiger charge is -2.24. The zero-order chi connectivity index (χ0) is 32.7. The highest BCUT2D eigenvalue weighted by atomic mass is 16.7. The third kappa shape index (κ3) is 10.8. The van der Waals surface area contributed by atoms with E-state index in [0.717, 1.165) is 6.42 Å². The van der Waals surface area contributed by atoms with Gasteiger partial charge in [-0.2, -0.15) is 0 Å². The van der Waals surface area contributed by atoms with Crippen molar-refractivity contribution in [2.45, 2.75) is 89.1 Å². The molecule has 0 spiro atoms. The highest BCUT2D eigenvalue weighted by molar-refractivity contribution is 5.85. The van der Waals surface area contributed by atoms with Crippen molar-refractivity contribution >= 4 is 35.7 Å². The smallest absolute Gasteiger partial charge is 0.333 e. The fourth-order valence-electron chi connectivity index (χ4n) is 6.18. The summed E-state index contributed by atoms with van der Waals surface area (Å²) in [5, 5.41) is 0. The van der Waals surface area contributed by atoms with Gasteiger partial charge in [-0.3, -0.25) is 19.2 Å². The molecule has 256 valence electrons. The van der Waals surface area contributed by atoms with Crippen LogP contribution in [0.15, 0.2) is 12.2 Å². The van der Waals surface area contributed by atoms with Gasteiger partial charge in [-0.25, -0.2) is 9.59 Å². The molecule has 4 aliphatic heterocycles. The maximum atomic E-state index is 12.9. The molecule has 14 heteroatoms. The molecule has 0 bridgehead atoms. The predicted molar refractivity (Wildman–Crippen MR) is 158 cm³/mol. The average molecular weight is 651 g/mol. The van der Waals surface area contributed by atoms with Crippen LogP contribution in [0.1, 0.15) is 77.0 Å². The average Bonchev–Trinajstić information content (AvgIpc) is 3.77. The number of nitrogens with zero attached hydrogens (tertiary/aromatic N) is 2. The van der Waals surface area contributed by atoms with Crippen molar-refractivity contribution in [3.8, 4) is 0 Å². The number of carbonyl (C=O) groups is 6. The Labute approximate surface area is 269 Å². The number of carbonyl (C=O) groups excluding carboxylic acids is 6. The van der Waals surface area contributed by atoms with Gasteiger partial charge in [0.1, 0.15) is 6.04 Å². The summed E-state index contributed by atoms with van der Waals surface area (Å²) in [4.78, 5) is 77.9. The van der Waals surface area contributed by atoms with E-state index in [1.54, 1.807) is 11.0 Å². The fraction of sp³-hybridized carbons (Fsp3) is 0.750. The summed E-state index contributed by atoms with van der Waals surface area (Å²) in [5.74, 6) is -2.80. The van der Waals surface area contributed by atoms with Gasteiger partial charge in [-0.1, -0.05) is 6.08 Å². The zero-order valence-corrected chi connectivity index (χ0v) is 26.4. The first-order valence-electron chi connectivity index (χ1n) is 16.4. The summed E-state index contributed by atoms with van der Waals surface area (Å²) in [6, 6.07) is -0.947. The van der Waals surface area contributed by atoms with Gasteiger partial charge < -0.3 is 38.2 Å². The van der Waals surface area contributed by atoms with E-state index in [0.29, 0.717) is 97.3 Å². The molecule has 0 saturated carbocycles. The number of rotatable bonds is 14. The Hall–Kier alpha value is -3.52. The van der Waals surface area contributed by atoms with Crippen LogP contribution in [0.25, 0.3) is 0 Å². The Kier molecular flexibility index (Phi) is 14.3. The van der Waals surface area contributed by atoms with E-state index in [-0.39, 0.29) is 42.5 Å². The number of ether oxygens (including phenoxy) is 6. The maximum Gasteiger partial charge on any atom is 0.333 e. The Morgan fingerprint density at radius 3 is 1.72 bits per heavy atom. The minimum absolute atomic E-state index is 0.0590. The van der Waals surface area contributed by atoms with Gasteiger partial charge in [-0.15, -0.1) is 0 Å². The number of hydrogen-bond acceptors (Lipinski definition) is 12. The molecule has 46 heavy (non-hydrogen) atoms. The summed E-state index contributed by atoms with van der Waals surface area (Å²) < 4.78 is 30.7. The highest BCUT2D eigenvalue weighted by Crippen LogP contribution is 2.23. The van der Waals surface area contributed by atoms with Gasteiger partial charge in [0.15, 0.2) is 0 Å². The summed E-state index contributed by atoms with van der Waals surface area (Å²) in [6.07, 6.45) is 9.33. The molecule has 4 fully saturated rings. The fourth-order valence-corrected chi connectivity index (χ4v) is 6.18. The molecule has 4 rings (SSSR count). The zero-order valence-electron chi connectivity index (χ0n) is 26.4. The van der Waals surface area contributed by atoms with Crippen molar-refractivity contribution in [2.75, 3.05) is 53.1 Å². The predicted octanol–water partition coefficient (Wildman–Crippen LogP) is 2.03. The van der Waals surface area contributed by atoms with Crippen molar-refractivity contribution < 1.29 is 57.2 Å². The van der Waals surface area contributed by atoms with Crippen LogP contribution in [0.4, 0.5) is 0 Å². The monoisotopic (exact) mass is 650 g/mol. The lowest BCUT2D eigenvalue weighted by atomic mass is 10.0. The van der Waals surface area contributed by atoms with Crippen LogP contribution in [-0.2, 0) is 57.2 Å². The van der Waals surface area contributed by atoms with Gasteiger partial charge in [0.25, 0.3) is 0 Å². The molecule has 14 nitrogen and oxygen atoms in total. The second kappa shape index (κ2) is 18.6. The quantitative estimate of drug-likeness (QED) is 0.116. The normalized spacial score (nSPS) is 22.5. The topological polar surface area (TPSA) is 164 Å². The molecule has 4 aliphatic rings. The van der Waals surface area contributed by atoms with Crippen molar-refractivity contribution in [1.29, 1.82) is 0 Å². The van der Waals surface area contributed by atoms with E-state index < -0.39 is 43.5 Å². The molecule has 0 aromatic rings. The standard InChI is InChI=1S/C32H46N2O12/c35-27(33-15-3-5-25(33)9-10-29(37)43-21-44-30(38)23-11-17-41-18-12-23)7-1-2-8-28(36)34-16-4-6-26(34)32(40)46-22-45-31(39)24-13-19-42-20-14-24/h9-10,23-26H,1-8,11-22H2/b10-9+/t25-,26-/m1/s1. The first kappa shape index (κ1) is 35.3. The minimum Gasteiger partial charge on any atom is -0.428 e. The van der Waals surface area contributed by atoms with Crippen LogP contribution in [0.2, 0.25) is 0 Å².